The van der Waals surface area contributed by atoms with Crippen LogP contribution in [0.4, 0.5) is 17.2 Å². The van der Waals surface area contributed by atoms with Crippen LogP contribution in [0, 0.1) is 0 Å². The van der Waals surface area contributed by atoms with Gasteiger partial charge in [0.1, 0.15) is 5.82 Å². The van der Waals surface area contributed by atoms with E-state index in [1.807, 2.05) is 42.6 Å². The maximum atomic E-state index is 12.5. The van der Waals surface area contributed by atoms with Crippen molar-refractivity contribution in [2.45, 2.75) is 19.3 Å². The van der Waals surface area contributed by atoms with Crippen LogP contribution >= 0.6 is 0 Å². The molecule has 4 aromatic rings. The highest BCUT2D eigenvalue weighted by atomic mass is 16.1. The summed E-state index contributed by atoms with van der Waals surface area (Å²) in [6.07, 6.45) is 6.18. The van der Waals surface area contributed by atoms with Gasteiger partial charge in [-0.3, -0.25) is 4.79 Å². The predicted molar refractivity (Wildman–Crippen MR) is 117 cm³/mol. The first-order valence-corrected chi connectivity index (χ1v) is 9.94. The molecule has 0 radical (unpaired) electrons. The van der Waals surface area contributed by atoms with Crippen LogP contribution in [-0.4, -0.2) is 22.4 Å². The number of aromatic nitrogens is 2. The zero-order valence-corrected chi connectivity index (χ0v) is 16.1. The van der Waals surface area contributed by atoms with Gasteiger partial charge in [-0.05, 0) is 48.2 Å². The second-order valence-corrected chi connectivity index (χ2v) is 7.37. The van der Waals surface area contributed by atoms with Crippen LogP contribution in [0.1, 0.15) is 17.5 Å². The molecule has 0 atom stereocenters. The van der Waals surface area contributed by atoms with Crippen molar-refractivity contribution in [3.05, 3.63) is 84.2 Å². The summed E-state index contributed by atoms with van der Waals surface area (Å²) in [4.78, 5) is 22.6. The van der Waals surface area contributed by atoms with E-state index in [0.29, 0.717) is 12.1 Å². The number of fused-ring (bicyclic) bond motifs is 2. The van der Waals surface area contributed by atoms with Gasteiger partial charge < -0.3 is 15.2 Å². The zero-order chi connectivity index (χ0) is 19.6. The SMILES string of the molecule is O=C(Cc1c[nH]c2ccccc12)Nc1ccc(N2CCCc3ccccc32)nc1. The smallest absolute Gasteiger partial charge is 0.228 e. The molecular weight excluding hydrogens is 360 g/mol. The number of benzene rings is 2. The molecule has 1 amide bonds. The Morgan fingerprint density at radius 3 is 2.83 bits per heavy atom. The van der Waals surface area contributed by atoms with Crippen molar-refractivity contribution in [3.63, 3.8) is 0 Å². The Bertz CT molecular complexity index is 1160. The molecule has 2 aromatic heterocycles. The molecule has 5 nitrogen and oxygen atoms in total. The van der Waals surface area contributed by atoms with Crippen LogP contribution in [0.2, 0.25) is 0 Å². The van der Waals surface area contributed by atoms with Gasteiger partial charge >= 0.3 is 0 Å². The molecule has 1 aliphatic rings. The van der Waals surface area contributed by atoms with Crippen LogP contribution in [-0.2, 0) is 17.6 Å². The van der Waals surface area contributed by atoms with Crippen LogP contribution in [0.3, 0.4) is 0 Å². The first-order chi connectivity index (χ1) is 14.3. The third kappa shape index (κ3) is 3.47. The third-order valence-electron chi connectivity index (χ3n) is 5.44. The molecule has 1 aliphatic heterocycles. The summed E-state index contributed by atoms with van der Waals surface area (Å²) in [5, 5.41) is 4.04. The van der Waals surface area contributed by atoms with Crippen LogP contribution in [0.25, 0.3) is 10.9 Å². The highest BCUT2D eigenvalue weighted by Crippen LogP contribution is 2.32. The van der Waals surface area contributed by atoms with E-state index in [1.165, 1.54) is 11.3 Å². The lowest BCUT2D eigenvalue weighted by atomic mass is 10.0. The summed E-state index contributed by atoms with van der Waals surface area (Å²) in [6.45, 7) is 0.955. The van der Waals surface area contributed by atoms with Crippen molar-refractivity contribution >= 4 is 34.0 Å². The number of aryl methyl sites for hydroxylation is 1. The molecule has 0 unspecified atom stereocenters. The number of rotatable bonds is 4. The Morgan fingerprint density at radius 2 is 1.93 bits per heavy atom. The summed E-state index contributed by atoms with van der Waals surface area (Å²) in [5.41, 5.74) is 5.33. The quantitative estimate of drug-likeness (QED) is 0.531. The number of nitrogens with one attached hydrogen (secondary N) is 2. The third-order valence-corrected chi connectivity index (χ3v) is 5.44. The molecule has 144 valence electrons. The average Bonchev–Trinajstić information content (AvgIpc) is 3.17. The van der Waals surface area contributed by atoms with Crippen molar-refractivity contribution < 1.29 is 4.79 Å². The predicted octanol–water partition coefficient (Wildman–Crippen LogP) is 4.83. The van der Waals surface area contributed by atoms with Gasteiger partial charge in [0, 0.05) is 29.3 Å². The number of hydrogen-bond donors (Lipinski definition) is 2. The number of hydrogen-bond acceptors (Lipinski definition) is 3. The van der Waals surface area contributed by atoms with Gasteiger partial charge in [0.15, 0.2) is 0 Å². The number of carbonyl (C=O) groups excluding carboxylic acids is 1. The molecule has 5 rings (SSSR count). The minimum absolute atomic E-state index is 0.0485. The monoisotopic (exact) mass is 382 g/mol. The molecule has 0 spiro atoms. The Morgan fingerprint density at radius 1 is 1.07 bits per heavy atom. The Labute approximate surface area is 169 Å². The van der Waals surface area contributed by atoms with E-state index in [4.69, 9.17) is 0 Å². The first-order valence-electron chi connectivity index (χ1n) is 9.94. The molecule has 3 heterocycles. The number of nitrogens with zero attached hydrogens (tertiary/aromatic N) is 2. The number of pyridine rings is 1. The Hall–Kier alpha value is -3.60. The summed E-state index contributed by atoms with van der Waals surface area (Å²) in [7, 11) is 0. The molecule has 0 fully saturated rings. The van der Waals surface area contributed by atoms with E-state index in [9.17, 15) is 4.79 Å². The van der Waals surface area contributed by atoms with Crippen LogP contribution in [0.5, 0.6) is 0 Å². The van der Waals surface area contributed by atoms with Crippen molar-refractivity contribution in [2.24, 2.45) is 0 Å². The maximum Gasteiger partial charge on any atom is 0.228 e. The normalized spacial score (nSPS) is 13.3. The summed E-state index contributed by atoms with van der Waals surface area (Å²) in [5.74, 6) is 0.861. The second kappa shape index (κ2) is 7.43. The van der Waals surface area contributed by atoms with Crippen molar-refractivity contribution in [1.29, 1.82) is 0 Å². The zero-order valence-electron chi connectivity index (χ0n) is 16.1. The molecule has 2 N–H and O–H groups in total. The average molecular weight is 382 g/mol. The second-order valence-electron chi connectivity index (χ2n) is 7.37. The van der Waals surface area contributed by atoms with Crippen molar-refractivity contribution in [2.75, 3.05) is 16.8 Å². The fourth-order valence-corrected chi connectivity index (χ4v) is 4.05. The molecule has 0 aliphatic carbocycles. The minimum atomic E-state index is -0.0485. The van der Waals surface area contributed by atoms with Crippen molar-refractivity contribution in [1.82, 2.24) is 9.97 Å². The highest BCUT2D eigenvalue weighted by molar-refractivity contribution is 5.95. The van der Waals surface area contributed by atoms with E-state index in [0.717, 1.165) is 41.7 Å². The van der Waals surface area contributed by atoms with Crippen LogP contribution in [0.15, 0.2) is 73.1 Å². The lowest BCUT2D eigenvalue weighted by Gasteiger charge is -2.30. The van der Waals surface area contributed by atoms with Gasteiger partial charge in [-0.1, -0.05) is 36.4 Å². The number of anilines is 3. The van der Waals surface area contributed by atoms with Gasteiger partial charge in [-0.15, -0.1) is 0 Å². The van der Waals surface area contributed by atoms with E-state index in [1.54, 1.807) is 6.20 Å². The summed E-state index contributed by atoms with van der Waals surface area (Å²) < 4.78 is 0. The number of carbonyl (C=O) groups is 1. The number of para-hydroxylation sites is 2. The number of aromatic amines is 1. The van der Waals surface area contributed by atoms with Gasteiger partial charge in [-0.2, -0.15) is 0 Å². The van der Waals surface area contributed by atoms with Gasteiger partial charge in [-0.25, -0.2) is 4.98 Å². The van der Waals surface area contributed by atoms with Gasteiger partial charge in [0.25, 0.3) is 0 Å². The molecule has 0 saturated carbocycles. The molecule has 0 saturated heterocycles. The first kappa shape index (κ1) is 17.5. The lowest BCUT2D eigenvalue weighted by molar-refractivity contribution is -0.115. The lowest BCUT2D eigenvalue weighted by Crippen LogP contribution is -2.25. The fraction of sp³-hybridized carbons (Fsp3) is 0.167. The number of H-pyrrole nitrogens is 1. The highest BCUT2D eigenvalue weighted by Gasteiger charge is 2.18. The summed E-state index contributed by atoms with van der Waals surface area (Å²) >= 11 is 0. The Balaban J connectivity index is 1.29. The minimum Gasteiger partial charge on any atom is -0.361 e. The van der Waals surface area contributed by atoms with E-state index < -0.39 is 0 Å². The standard InChI is InChI=1S/C24H22N4O/c29-24(14-18-15-25-21-9-3-2-8-20(18)21)27-19-11-12-23(26-16-19)28-13-5-7-17-6-1-4-10-22(17)28/h1-4,6,8-12,15-16,25H,5,7,13-14H2,(H,27,29). The number of amides is 1. The topological polar surface area (TPSA) is 61.0 Å². The molecule has 29 heavy (non-hydrogen) atoms. The molecular formula is C24H22N4O. The van der Waals surface area contributed by atoms with Gasteiger partial charge in [0.05, 0.1) is 18.3 Å². The molecule has 5 heteroatoms. The van der Waals surface area contributed by atoms with Crippen LogP contribution < -0.4 is 10.2 Å². The molecule has 0 bridgehead atoms. The van der Waals surface area contributed by atoms with Gasteiger partial charge in [0.2, 0.25) is 5.91 Å². The maximum absolute atomic E-state index is 12.5. The van der Waals surface area contributed by atoms with Crippen molar-refractivity contribution in [3.8, 4) is 0 Å². The fourth-order valence-electron chi connectivity index (χ4n) is 4.05. The van der Waals surface area contributed by atoms with E-state index in [-0.39, 0.29) is 5.91 Å². The van der Waals surface area contributed by atoms with E-state index >= 15 is 0 Å². The van der Waals surface area contributed by atoms with E-state index in [2.05, 4.69) is 44.5 Å². The summed E-state index contributed by atoms with van der Waals surface area (Å²) in [6, 6.07) is 20.4. The molecule has 2 aromatic carbocycles. The largest absolute Gasteiger partial charge is 0.361 e. The Kier molecular flexibility index (Phi) is 4.48.